The number of amides is 2. The molecule has 25 heavy (non-hydrogen) atoms. The van der Waals surface area contributed by atoms with E-state index < -0.39 is 5.91 Å². The summed E-state index contributed by atoms with van der Waals surface area (Å²) in [7, 11) is 2.06. The molecule has 0 spiro atoms. The summed E-state index contributed by atoms with van der Waals surface area (Å²) in [5.41, 5.74) is 7.66. The molecule has 1 aliphatic rings. The second-order valence-electron chi connectivity index (χ2n) is 5.98. The zero-order valence-corrected chi connectivity index (χ0v) is 14.3. The third-order valence-electron chi connectivity index (χ3n) is 4.13. The van der Waals surface area contributed by atoms with Gasteiger partial charge in [0.05, 0.1) is 16.8 Å². The number of nitrogens with one attached hydrogen (secondary N) is 2. The Hall–Kier alpha value is -2.78. The fraction of sp³-hybridized carbons (Fsp3) is 0.250. The molecule has 3 heterocycles. The van der Waals surface area contributed by atoms with Crippen LogP contribution in [0.1, 0.15) is 31.5 Å². The van der Waals surface area contributed by atoms with Crippen LogP contribution in [0, 0.1) is 0 Å². The van der Waals surface area contributed by atoms with Gasteiger partial charge in [0.1, 0.15) is 5.52 Å². The van der Waals surface area contributed by atoms with E-state index in [1.807, 2.05) is 0 Å². The average molecular weight is 356 g/mol. The Morgan fingerprint density at radius 1 is 1.36 bits per heavy atom. The highest BCUT2D eigenvalue weighted by molar-refractivity contribution is 7.15. The highest BCUT2D eigenvalue weighted by Crippen LogP contribution is 2.28. The minimum Gasteiger partial charge on any atom is -0.363 e. The number of primary amides is 1. The number of hydrogen-bond donors (Lipinski definition) is 3. The first-order valence-corrected chi connectivity index (χ1v) is 8.60. The molecule has 0 bridgehead atoms. The van der Waals surface area contributed by atoms with Crippen molar-refractivity contribution >= 4 is 39.3 Å². The van der Waals surface area contributed by atoms with Crippen molar-refractivity contribution in [3.05, 3.63) is 40.2 Å². The SMILES string of the molecule is CN1CCc2nc(NC(=O)c3cccc4[nH]c(C(N)=O)nc34)sc2C1. The fourth-order valence-electron chi connectivity index (χ4n) is 2.87. The maximum absolute atomic E-state index is 12.7. The van der Waals surface area contributed by atoms with Gasteiger partial charge >= 0.3 is 0 Å². The molecule has 0 saturated carbocycles. The number of rotatable bonds is 3. The molecule has 1 aliphatic heterocycles. The van der Waals surface area contributed by atoms with E-state index in [0.717, 1.165) is 25.2 Å². The molecule has 3 aromatic rings. The molecule has 8 nitrogen and oxygen atoms in total. The van der Waals surface area contributed by atoms with Crippen molar-refractivity contribution in [2.45, 2.75) is 13.0 Å². The summed E-state index contributed by atoms with van der Waals surface area (Å²) in [6, 6.07) is 5.12. The Morgan fingerprint density at radius 3 is 3.00 bits per heavy atom. The maximum atomic E-state index is 12.7. The van der Waals surface area contributed by atoms with E-state index in [9.17, 15) is 9.59 Å². The summed E-state index contributed by atoms with van der Waals surface area (Å²) in [6.45, 7) is 1.81. The number of aromatic nitrogens is 3. The summed E-state index contributed by atoms with van der Waals surface area (Å²) in [4.78, 5) is 38.8. The van der Waals surface area contributed by atoms with Gasteiger partial charge in [-0.1, -0.05) is 6.07 Å². The van der Waals surface area contributed by atoms with Crippen LogP contribution in [0.4, 0.5) is 5.13 Å². The summed E-state index contributed by atoms with van der Waals surface area (Å²) < 4.78 is 0. The fourth-order valence-corrected chi connectivity index (χ4v) is 3.96. The smallest absolute Gasteiger partial charge is 0.284 e. The molecular formula is C16H16N6O2S. The van der Waals surface area contributed by atoms with Crippen molar-refractivity contribution in [3.8, 4) is 0 Å². The minimum absolute atomic E-state index is 0.0306. The number of H-pyrrole nitrogens is 1. The van der Waals surface area contributed by atoms with Crippen LogP contribution in [0.2, 0.25) is 0 Å². The van der Waals surface area contributed by atoms with Crippen LogP contribution in [0.15, 0.2) is 18.2 Å². The van der Waals surface area contributed by atoms with E-state index in [-0.39, 0.29) is 11.7 Å². The van der Waals surface area contributed by atoms with Gasteiger partial charge in [-0.25, -0.2) is 9.97 Å². The van der Waals surface area contributed by atoms with E-state index in [0.29, 0.717) is 21.7 Å². The molecule has 0 unspecified atom stereocenters. The van der Waals surface area contributed by atoms with E-state index in [2.05, 4.69) is 32.2 Å². The summed E-state index contributed by atoms with van der Waals surface area (Å²) >= 11 is 1.49. The molecule has 128 valence electrons. The number of carbonyl (C=O) groups is 2. The molecule has 0 saturated heterocycles. The van der Waals surface area contributed by atoms with Crippen molar-refractivity contribution in [1.29, 1.82) is 0 Å². The van der Waals surface area contributed by atoms with Crippen LogP contribution in [0.25, 0.3) is 11.0 Å². The van der Waals surface area contributed by atoms with E-state index >= 15 is 0 Å². The first-order chi connectivity index (χ1) is 12.0. The lowest BCUT2D eigenvalue weighted by molar-refractivity contribution is 0.0989. The number of anilines is 1. The number of imidazole rings is 1. The Labute approximate surface area is 147 Å². The van der Waals surface area contributed by atoms with Gasteiger partial charge in [0, 0.05) is 24.4 Å². The first-order valence-electron chi connectivity index (χ1n) is 7.78. The predicted octanol–water partition coefficient (Wildman–Crippen LogP) is 1.36. The number of para-hydroxylation sites is 1. The summed E-state index contributed by atoms with van der Waals surface area (Å²) in [6.07, 6.45) is 0.884. The molecule has 1 aromatic carbocycles. The van der Waals surface area contributed by atoms with Crippen LogP contribution >= 0.6 is 11.3 Å². The summed E-state index contributed by atoms with van der Waals surface area (Å²) in [5.74, 6) is -0.949. The first kappa shape index (κ1) is 15.7. The number of benzene rings is 1. The van der Waals surface area contributed by atoms with Crippen molar-refractivity contribution in [1.82, 2.24) is 19.9 Å². The zero-order valence-electron chi connectivity index (χ0n) is 13.5. The number of hydrogen-bond acceptors (Lipinski definition) is 6. The predicted molar refractivity (Wildman–Crippen MR) is 94.7 cm³/mol. The van der Waals surface area contributed by atoms with Crippen LogP contribution in [0.3, 0.4) is 0 Å². The molecule has 4 rings (SSSR count). The zero-order chi connectivity index (χ0) is 17.6. The molecule has 0 fully saturated rings. The van der Waals surface area contributed by atoms with Gasteiger partial charge in [0.15, 0.2) is 11.0 Å². The van der Waals surface area contributed by atoms with Gasteiger partial charge in [0.2, 0.25) is 0 Å². The lowest BCUT2D eigenvalue weighted by atomic mass is 10.2. The normalized spacial score (nSPS) is 14.4. The van der Waals surface area contributed by atoms with Crippen LogP contribution in [-0.2, 0) is 13.0 Å². The van der Waals surface area contributed by atoms with E-state index in [1.165, 1.54) is 16.2 Å². The quantitative estimate of drug-likeness (QED) is 0.655. The van der Waals surface area contributed by atoms with Gasteiger partial charge in [-0.05, 0) is 19.2 Å². The summed E-state index contributed by atoms with van der Waals surface area (Å²) in [5, 5.41) is 3.42. The second kappa shape index (κ2) is 5.94. The molecule has 0 atom stereocenters. The molecule has 0 aliphatic carbocycles. The number of aromatic amines is 1. The van der Waals surface area contributed by atoms with Gasteiger partial charge in [0.25, 0.3) is 11.8 Å². The monoisotopic (exact) mass is 356 g/mol. The molecule has 2 aromatic heterocycles. The third-order valence-corrected chi connectivity index (χ3v) is 5.13. The van der Waals surface area contributed by atoms with Crippen LogP contribution in [0.5, 0.6) is 0 Å². The Bertz CT molecular complexity index is 992. The number of thiazole rings is 1. The third kappa shape index (κ3) is 2.87. The van der Waals surface area contributed by atoms with Crippen molar-refractivity contribution < 1.29 is 9.59 Å². The van der Waals surface area contributed by atoms with Gasteiger partial charge in [-0.15, -0.1) is 11.3 Å². The number of nitrogens with zero attached hydrogens (tertiary/aromatic N) is 3. The van der Waals surface area contributed by atoms with Gasteiger partial charge < -0.3 is 15.6 Å². The van der Waals surface area contributed by atoms with E-state index in [4.69, 9.17) is 5.73 Å². The Kier molecular flexibility index (Phi) is 3.74. The number of nitrogens with two attached hydrogens (primary N) is 1. The second-order valence-corrected chi connectivity index (χ2v) is 7.07. The highest BCUT2D eigenvalue weighted by atomic mass is 32.1. The Balaban J connectivity index is 1.63. The van der Waals surface area contributed by atoms with Crippen molar-refractivity contribution in [3.63, 3.8) is 0 Å². The van der Waals surface area contributed by atoms with E-state index in [1.54, 1.807) is 18.2 Å². The largest absolute Gasteiger partial charge is 0.363 e. The number of likely N-dealkylation sites (N-methyl/N-ethyl adjacent to an activating group) is 1. The number of fused-ring (bicyclic) bond motifs is 2. The maximum Gasteiger partial charge on any atom is 0.284 e. The standard InChI is InChI=1S/C16H16N6O2S/c1-22-6-5-9-11(7-22)25-16(19-9)21-15(24)8-3-2-4-10-12(8)20-14(18-10)13(17)23/h2-4H,5-7H2,1H3,(H2,17,23)(H,18,20)(H,19,21,24). The van der Waals surface area contributed by atoms with Crippen molar-refractivity contribution in [2.24, 2.45) is 5.73 Å². The van der Waals surface area contributed by atoms with Crippen LogP contribution < -0.4 is 11.1 Å². The minimum atomic E-state index is -0.667. The Morgan fingerprint density at radius 2 is 2.20 bits per heavy atom. The lowest BCUT2D eigenvalue weighted by Gasteiger charge is -2.20. The molecule has 0 radical (unpaired) electrons. The van der Waals surface area contributed by atoms with Crippen molar-refractivity contribution in [2.75, 3.05) is 18.9 Å². The molecule has 2 amide bonds. The van der Waals surface area contributed by atoms with Crippen LogP contribution in [-0.4, -0.2) is 45.3 Å². The van der Waals surface area contributed by atoms with Gasteiger partial charge in [-0.2, -0.15) is 0 Å². The van der Waals surface area contributed by atoms with Gasteiger partial charge in [-0.3, -0.25) is 14.9 Å². The molecular weight excluding hydrogens is 340 g/mol. The average Bonchev–Trinajstić information content (AvgIpc) is 3.17. The lowest BCUT2D eigenvalue weighted by Crippen LogP contribution is -2.25. The number of carbonyl (C=O) groups excluding carboxylic acids is 2. The molecule has 4 N–H and O–H groups in total. The highest BCUT2D eigenvalue weighted by Gasteiger charge is 2.21. The topological polar surface area (TPSA) is 117 Å². The molecule has 9 heteroatoms.